The first-order valence-electron chi connectivity index (χ1n) is 45.3. The Kier molecular flexibility index (Phi) is 76.6. The quantitative estimate of drug-likeness (QED) is 0.0222. The summed E-state index contributed by atoms with van der Waals surface area (Å²) >= 11 is 0. The fourth-order valence-corrected chi connectivity index (χ4v) is 15.3. The van der Waals surface area contributed by atoms with Crippen molar-refractivity contribution in [3.8, 4) is 0 Å². The molecule has 0 aliphatic carbocycles. The van der Waals surface area contributed by atoms with Crippen molar-refractivity contribution >= 4 is 39.5 Å². The van der Waals surface area contributed by atoms with Gasteiger partial charge in [0.1, 0.15) is 19.3 Å². The Bertz CT molecular complexity index is 2060. The van der Waals surface area contributed by atoms with Crippen LogP contribution in [0, 0.1) is 17.8 Å². The molecular formula is C88H172O17P2. The topological polar surface area (TPSA) is 237 Å². The second-order valence-electron chi connectivity index (χ2n) is 33.1. The maximum Gasteiger partial charge on any atom is 0.472 e. The van der Waals surface area contributed by atoms with E-state index in [1.807, 2.05) is 0 Å². The van der Waals surface area contributed by atoms with Gasteiger partial charge in [-0.25, -0.2) is 9.13 Å². The first kappa shape index (κ1) is 105. The van der Waals surface area contributed by atoms with Gasteiger partial charge in [0.15, 0.2) is 12.2 Å². The Morgan fingerprint density at radius 2 is 0.430 bits per heavy atom. The molecule has 107 heavy (non-hydrogen) atoms. The van der Waals surface area contributed by atoms with Gasteiger partial charge in [0.2, 0.25) is 0 Å². The number of phosphoric ester groups is 2. The number of aliphatic hydroxyl groups excluding tert-OH is 1. The van der Waals surface area contributed by atoms with Crippen LogP contribution in [0.5, 0.6) is 0 Å². The Hall–Kier alpha value is -1.94. The minimum atomic E-state index is -4.97. The van der Waals surface area contributed by atoms with Crippen molar-refractivity contribution in [2.75, 3.05) is 39.6 Å². The van der Waals surface area contributed by atoms with E-state index < -0.39 is 97.5 Å². The molecule has 0 fully saturated rings. The summed E-state index contributed by atoms with van der Waals surface area (Å²) in [6.07, 6.45) is 69.7. The second-order valence-corrected chi connectivity index (χ2v) is 36.0. The van der Waals surface area contributed by atoms with Crippen LogP contribution in [0.3, 0.4) is 0 Å². The van der Waals surface area contributed by atoms with E-state index in [9.17, 15) is 43.2 Å². The normalized spacial score (nSPS) is 13.8. The lowest BCUT2D eigenvalue weighted by Crippen LogP contribution is -2.30. The van der Waals surface area contributed by atoms with Gasteiger partial charge in [0.05, 0.1) is 26.4 Å². The van der Waals surface area contributed by atoms with Crippen molar-refractivity contribution in [1.82, 2.24) is 0 Å². The van der Waals surface area contributed by atoms with Crippen LogP contribution in [0.15, 0.2) is 0 Å². The molecule has 5 atom stereocenters. The van der Waals surface area contributed by atoms with Crippen molar-refractivity contribution in [2.45, 2.75) is 484 Å². The van der Waals surface area contributed by atoms with Crippen LogP contribution in [0.2, 0.25) is 0 Å². The molecule has 0 bridgehead atoms. The molecule has 0 amide bonds. The fourth-order valence-electron chi connectivity index (χ4n) is 13.7. The lowest BCUT2D eigenvalue weighted by molar-refractivity contribution is -0.161. The first-order chi connectivity index (χ1) is 51.7. The first-order valence-corrected chi connectivity index (χ1v) is 48.3. The number of aliphatic hydroxyl groups is 1. The lowest BCUT2D eigenvalue weighted by Gasteiger charge is -2.21. The molecule has 0 rings (SSSR count). The van der Waals surface area contributed by atoms with E-state index in [0.29, 0.717) is 31.6 Å². The molecule has 0 aromatic rings. The predicted molar refractivity (Wildman–Crippen MR) is 441 cm³/mol. The molecule has 0 saturated carbocycles. The van der Waals surface area contributed by atoms with Crippen molar-refractivity contribution in [2.24, 2.45) is 17.8 Å². The van der Waals surface area contributed by atoms with Gasteiger partial charge in [0.25, 0.3) is 0 Å². The highest BCUT2D eigenvalue weighted by Crippen LogP contribution is 2.45. The predicted octanol–water partition coefficient (Wildman–Crippen LogP) is 26.9. The molecule has 0 aromatic carbocycles. The monoisotopic (exact) mass is 1560 g/mol. The molecule has 17 nitrogen and oxygen atoms in total. The minimum absolute atomic E-state index is 0.106. The number of esters is 4. The number of unbranched alkanes of at least 4 members (excludes halogenated alkanes) is 54. The van der Waals surface area contributed by atoms with Crippen LogP contribution >= 0.6 is 15.6 Å². The molecule has 0 aliphatic heterocycles. The van der Waals surface area contributed by atoms with Crippen molar-refractivity contribution in [3.05, 3.63) is 0 Å². The maximum absolute atomic E-state index is 13.2. The second kappa shape index (κ2) is 78.0. The summed E-state index contributed by atoms with van der Waals surface area (Å²) in [5, 5.41) is 10.7. The molecule has 0 saturated heterocycles. The number of carbonyl (C=O) groups excluding carboxylic acids is 4. The number of phosphoric acid groups is 2. The largest absolute Gasteiger partial charge is 0.472 e. The Morgan fingerprint density at radius 3 is 0.636 bits per heavy atom. The van der Waals surface area contributed by atoms with Crippen molar-refractivity contribution in [1.29, 1.82) is 0 Å². The van der Waals surface area contributed by atoms with Crippen LogP contribution in [0.25, 0.3) is 0 Å². The summed E-state index contributed by atoms with van der Waals surface area (Å²) in [7, 11) is -9.93. The number of rotatable bonds is 86. The molecule has 0 spiro atoms. The standard InChI is InChI=1S/C88H172O17P2/c1-8-9-10-11-12-13-14-15-16-17-18-19-20-24-27-30-36-41-48-55-62-69-85(90)98-75-83(104-87(92)71-64-57-49-42-37-31-28-25-22-21-23-26-29-34-39-45-52-59-66-79(2)3)77-102-106(94,95)100-73-82(89)74-101-107(96,97)103-78-84(76-99-86(91)70-63-56-51-44-47-54-61-68-81(6)7)105-88(93)72-65-58-50-43-38-33-32-35-40-46-53-60-67-80(4)5/h79-84,89H,8-78H2,1-7H3,(H,94,95)(H,96,97)/t82-,83-,84-/m1/s1. The Morgan fingerprint density at radius 1 is 0.252 bits per heavy atom. The van der Waals surface area contributed by atoms with E-state index in [0.717, 1.165) is 108 Å². The van der Waals surface area contributed by atoms with Crippen molar-refractivity contribution in [3.63, 3.8) is 0 Å². The zero-order valence-corrected chi connectivity index (χ0v) is 72.4. The molecule has 0 aliphatic rings. The van der Waals surface area contributed by atoms with E-state index >= 15 is 0 Å². The van der Waals surface area contributed by atoms with Crippen molar-refractivity contribution < 1.29 is 80.2 Å². The maximum atomic E-state index is 13.2. The van der Waals surface area contributed by atoms with Gasteiger partial charge >= 0.3 is 39.5 Å². The van der Waals surface area contributed by atoms with Gasteiger partial charge in [-0.15, -0.1) is 0 Å². The third-order valence-electron chi connectivity index (χ3n) is 20.6. The summed E-state index contributed by atoms with van der Waals surface area (Å²) in [6.45, 7) is 12.0. The molecule has 636 valence electrons. The highest BCUT2D eigenvalue weighted by atomic mass is 31.2. The third kappa shape index (κ3) is 81.9. The van der Waals surface area contributed by atoms with Gasteiger partial charge < -0.3 is 33.8 Å². The lowest BCUT2D eigenvalue weighted by atomic mass is 10.0. The van der Waals surface area contributed by atoms with Gasteiger partial charge in [-0.05, 0) is 43.4 Å². The SMILES string of the molecule is CCCCCCCCCCCCCCCCCCCCCCCC(=O)OC[C@H](COP(=O)(O)OC[C@@H](O)COP(=O)(O)OC[C@@H](COC(=O)CCCCCCCCCC(C)C)OC(=O)CCCCCCCCCCCCCCC(C)C)OC(=O)CCCCCCCCCCCCCCCCCCCCC(C)C. The van der Waals surface area contributed by atoms with E-state index in [4.69, 9.17) is 37.0 Å². The van der Waals surface area contributed by atoms with E-state index in [2.05, 4.69) is 48.5 Å². The Balaban J connectivity index is 5.21. The molecule has 0 heterocycles. The fraction of sp³-hybridized carbons (Fsp3) is 0.955. The van der Waals surface area contributed by atoms with Gasteiger partial charge in [-0.2, -0.15) is 0 Å². The summed E-state index contributed by atoms with van der Waals surface area (Å²) in [4.78, 5) is 73.3. The molecule has 19 heteroatoms. The highest BCUT2D eigenvalue weighted by Gasteiger charge is 2.31. The number of hydrogen-bond acceptors (Lipinski definition) is 15. The summed E-state index contributed by atoms with van der Waals surface area (Å²) < 4.78 is 68.9. The van der Waals surface area contributed by atoms with Crippen LogP contribution < -0.4 is 0 Å². The van der Waals surface area contributed by atoms with Crippen LogP contribution in [-0.4, -0.2) is 96.7 Å². The number of ether oxygens (including phenoxy) is 4. The smallest absolute Gasteiger partial charge is 0.462 e. The Labute approximate surface area is 658 Å². The zero-order valence-electron chi connectivity index (χ0n) is 70.6. The number of carbonyl (C=O) groups is 4. The van der Waals surface area contributed by atoms with E-state index in [-0.39, 0.29) is 25.7 Å². The van der Waals surface area contributed by atoms with Crippen LogP contribution in [0.4, 0.5) is 0 Å². The van der Waals surface area contributed by atoms with Gasteiger partial charge in [-0.3, -0.25) is 37.3 Å². The molecule has 0 radical (unpaired) electrons. The summed E-state index contributed by atoms with van der Waals surface area (Å²) in [5.41, 5.74) is 0. The van der Waals surface area contributed by atoms with Gasteiger partial charge in [-0.1, -0.05) is 414 Å². The van der Waals surface area contributed by atoms with Crippen LogP contribution in [-0.2, 0) is 65.4 Å². The molecule has 0 aromatic heterocycles. The third-order valence-corrected chi connectivity index (χ3v) is 22.5. The zero-order chi connectivity index (χ0) is 78.6. The highest BCUT2D eigenvalue weighted by molar-refractivity contribution is 7.47. The number of hydrogen-bond donors (Lipinski definition) is 3. The average Bonchev–Trinajstić information content (AvgIpc) is 0.901. The summed E-state index contributed by atoms with van der Waals surface area (Å²) in [5.74, 6) is 0.197. The van der Waals surface area contributed by atoms with Crippen LogP contribution in [0.1, 0.15) is 466 Å². The molecular weight excluding hydrogens is 1390 g/mol. The molecule has 3 N–H and O–H groups in total. The average molecular weight is 1560 g/mol. The van der Waals surface area contributed by atoms with Gasteiger partial charge in [0, 0.05) is 25.7 Å². The molecule has 2 unspecified atom stereocenters. The van der Waals surface area contributed by atoms with E-state index in [1.54, 1.807) is 0 Å². The minimum Gasteiger partial charge on any atom is -0.462 e. The van der Waals surface area contributed by atoms with E-state index in [1.165, 1.54) is 270 Å². The summed E-state index contributed by atoms with van der Waals surface area (Å²) in [6, 6.07) is 0.